The minimum absolute atomic E-state index is 0.277. The van der Waals surface area contributed by atoms with Gasteiger partial charge in [-0.1, -0.05) is 18.2 Å². The molecule has 1 amide bonds. The minimum atomic E-state index is -4.09. The number of H-pyrrole nitrogens is 1. The molecule has 164 valence electrons. The van der Waals surface area contributed by atoms with Crippen molar-refractivity contribution in [3.8, 4) is 0 Å². The molecular weight excluding hydrogens is 422 g/mol. The average Bonchev–Trinajstić information content (AvgIpc) is 3.15. The van der Waals surface area contributed by atoms with Crippen molar-refractivity contribution in [2.45, 2.75) is 11.3 Å². The summed E-state index contributed by atoms with van der Waals surface area (Å²) in [5.41, 5.74) is 1.99. The molecule has 0 aliphatic rings. The standard InChI is InChI=1S/C20H23N5O5S/c1-24(2)18-8-7-15(11-19(18)25(27)28)31(29,30)23-13-20(26)21-10-9-14-12-22-17-6-4-3-5-16(14)17/h3-8,11-12,22-23H,9-10,13H2,1-2H3,(H,21,26). The summed E-state index contributed by atoms with van der Waals surface area (Å²) in [6, 6.07) is 11.4. The first-order valence-corrected chi connectivity index (χ1v) is 10.9. The van der Waals surface area contributed by atoms with Gasteiger partial charge < -0.3 is 15.2 Å². The number of nitrogens with zero attached hydrogens (tertiary/aromatic N) is 2. The maximum absolute atomic E-state index is 12.5. The Balaban J connectivity index is 1.58. The number of fused-ring (bicyclic) bond motifs is 1. The molecule has 0 atom stereocenters. The Morgan fingerprint density at radius 2 is 1.94 bits per heavy atom. The number of carbonyl (C=O) groups excluding carboxylic acids is 1. The number of benzene rings is 2. The van der Waals surface area contributed by atoms with Crippen molar-refractivity contribution in [3.05, 3.63) is 64.3 Å². The SMILES string of the molecule is CN(C)c1ccc(S(=O)(=O)NCC(=O)NCCc2c[nH]c3ccccc23)cc1[N+](=O)[O-]. The predicted molar refractivity (Wildman–Crippen MR) is 118 cm³/mol. The number of para-hydroxylation sites is 1. The summed E-state index contributed by atoms with van der Waals surface area (Å²) in [5, 5.41) is 15.0. The van der Waals surface area contributed by atoms with E-state index in [0.29, 0.717) is 13.0 Å². The number of carbonyl (C=O) groups is 1. The molecule has 0 bridgehead atoms. The van der Waals surface area contributed by atoms with Gasteiger partial charge in [0.2, 0.25) is 15.9 Å². The lowest BCUT2D eigenvalue weighted by Crippen LogP contribution is -2.37. The lowest BCUT2D eigenvalue weighted by atomic mass is 10.1. The van der Waals surface area contributed by atoms with Crippen molar-refractivity contribution < 1.29 is 18.1 Å². The molecule has 1 aromatic heterocycles. The fraction of sp³-hybridized carbons (Fsp3) is 0.250. The van der Waals surface area contributed by atoms with Crippen LogP contribution in [0, 0.1) is 10.1 Å². The van der Waals surface area contributed by atoms with Crippen LogP contribution in [0.2, 0.25) is 0 Å². The quantitative estimate of drug-likeness (QED) is 0.339. The zero-order chi connectivity index (χ0) is 22.6. The van der Waals surface area contributed by atoms with Crippen molar-refractivity contribution >= 4 is 38.2 Å². The Bertz CT molecular complexity index is 1220. The Labute approximate surface area is 179 Å². The Kier molecular flexibility index (Phi) is 6.56. The van der Waals surface area contributed by atoms with Crippen molar-refractivity contribution in [2.75, 3.05) is 32.1 Å². The molecule has 3 aromatic rings. The predicted octanol–water partition coefficient (Wildman–Crippen LogP) is 1.78. The lowest BCUT2D eigenvalue weighted by molar-refractivity contribution is -0.384. The summed E-state index contributed by atoms with van der Waals surface area (Å²) in [5.74, 6) is -0.497. The highest BCUT2D eigenvalue weighted by atomic mass is 32.2. The maximum Gasteiger partial charge on any atom is 0.293 e. The van der Waals surface area contributed by atoms with Gasteiger partial charge in [0, 0.05) is 43.8 Å². The van der Waals surface area contributed by atoms with Crippen molar-refractivity contribution in [2.24, 2.45) is 0 Å². The number of rotatable bonds is 9. The smallest absolute Gasteiger partial charge is 0.293 e. The number of sulfonamides is 1. The number of nitro groups is 1. The van der Waals surface area contributed by atoms with E-state index in [1.807, 2.05) is 30.5 Å². The number of nitro benzene ring substituents is 1. The van der Waals surface area contributed by atoms with Crippen LogP contribution in [0.25, 0.3) is 10.9 Å². The van der Waals surface area contributed by atoms with Crippen LogP contribution < -0.4 is 14.9 Å². The molecule has 1 heterocycles. The van der Waals surface area contributed by atoms with Gasteiger partial charge in [0.05, 0.1) is 16.4 Å². The third-order valence-electron chi connectivity index (χ3n) is 4.75. The molecule has 0 saturated heterocycles. The molecule has 0 aliphatic heterocycles. The number of amides is 1. The van der Waals surface area contributed by atoms with E-state index < -0.39 is 27.4 Å². The van der Waals surface area contributed by atoms with E-state index in [-0.39, 0.29) is 16.3 Å². The monoisotopic (exact) mass is 445 g/mol. The number of hydrogen-bond acceptors (Lipinski definition) is 6. The van der Waals surface area contributed by atoms with Crippen molar-refractivity contribution in [1.29, 1.82) is 0 Å². The molecule has 31 heavy (non-hydrogen) atoms. The molecule has 0 aliphatic carbocycles. The minimum Gasteiger partial charge on any atom is -0.372 e. The molecule has 3 rings (SSSR count). The summed E-state index contributed by atoms with van der Waals surface area (Å²) in [4.78, 5) is 27.1. The van der Waals surface area contributed by atoms with Crippen LogP contribution in [-0.4, -0.2) is 51.4 Å². The number of nitrogens with one attached hydrogen (secondary N) is 3. The van der Waals surface area contributed by atoms with E-state index >= 15 is 0 Å². The van der Waals surface area contributed by atoms with Gasteiger partial charge in [0.15, 0.2) is 0 Å². The van der Waals surface area contributed by atoms with Gasteiger partial charge in [-0.25, -0.2) is 13.1 Å². The number of aromatic nitrogens is 1. The number of anilines is 1. The fourth-order valence-electron chi connectivity index (χ4n) is 3.18. The van der Waals surface area contributed by atoms with Gasteiger partial charge >= 0.3 is 0 Å². The number of hydrogen-bond donors (Lipinski definition) is 3. The van der Waals surface area contributed by atoms with Crippen LogP contribution in [-0.2, 0) is 21.2 Å². The van der Waals surface area contributed by atoms with E-state index in [4.69, 9.17) is 0 Å². The van der Waals surface area contributed by atoms with Gasteiger partial charge in [0.1, 0.15) is 5.69 Å². The molecule has 3 N–H and O–H groups in total. The molecule has 0 unspecified atom stereocenters. The summed E-state index contributed by atoms with van der Waals surface area (Å²) in [6.07, 6.45) is 2.46. The van der Waals surface area contributed by atoms with Gasteiger partial charge in [-0.15, -0.1) is 0 Å². The van der Waals surface area contributed by atoms with Crippen LogP contribution in [0.1, 0.15) is 5.56 Å². The second kappa shape index (κ2) is 9.14. The number of aromatic amines is 1. The van der Waals surface area contributed by atoms with E-state index in [1.165, 1.54) is 17.0 Å². The molecule has 0 spiro atoms. The first kappa shape index (κ1) is 22.2. The van der Waals surface area contributed by atoms with Crippen LogP contribution in [0.4, 0.5) is 11.4 Å². The fourth-order valence-corrected chi connectivity index (χ4v) is 4.18. The average molecular weight is 446 g/mol. The third kappa shape index (κ3) is 5.19. The molecule has 0 fully saturated rings. The molecular formula is C20H23N5O5S. The van der Waals surface area contributed by atoms with E-state index in [2.05, 4.69) is 15.0 Å². The Morgan fingerprint density at radius 1 is 1.19 bits per heavy atom. The second-order valence-electron chi connectivity index (χ2n) is 7.09. The molecule has 2 aromatic carbocycles. The lowest BCUT2D eigenvalue weighted by Gasteiger charge is -2.14. The molecule has 11 heteroatoms. The Hall–Kier alpha value is -3.44. The van der Waals surface area contributed by atoms with Crippen molar-refractivity contribution in [3.63, 3.8) is 0 Å². The van der Waals surface area contributed by atoms with Crippen LogP contribution in [0.3, 0.4) is 0 Å². The highest BCUT2D eigenvalue weighted by Gasteiger charge is 2.22. The summed E-state index contributed by atoms with van der Waals surface area (Å²) >= 11 is 0. The maximum atomic E-state index is 12.5. The second-order valence-corrected chi connectivity index (χ2v) is 8.85. The van der Waals surface area contributed by atoms with E-state index in [1.54, 1.807) is 14.1 Å². The van der Waals surface area contributed by atoms with Crippen LogP contribution in [0.5, 0.6) is 0 Å². The topological polar surface area (TPSA) is 137 Å². The molecule has 10 nitrogen and oxygen atoms in total. The summed E-state index contributed by atoms with van der Waals surface area (Å²) in [6.45, 7) is -0.134. The Morgan fingerprint density at radius 3 is 2.65 bits per heavy atom. The van der Waals surface area contributed by atoms with E-state index in [9.17, 15) is 23.3 Å². The molecule has 0 saturated carbocycles. The van der Waals surface area contributed by atoms with Crippen molar-refractivity contribution in [1.82, 2.24) is 15.0 Å². The molecule has 0 radical (unpaired) electrons. The first-order valence-electron chi connectivity index (χ1n) is 9.46. The normalized spacial score (nSPS) is 11.4. The third-order valence-corrected chi connectivity index (χ3v) is 6.15. The largest absolute Gasteiger partial charge is 0.372 e. The zero-order valence-corrected chi connectivity index (χ0v) is 17.9. The summed E-state index contributed by atoms with van der Waals surface area (Å²) < 4.78 is 27.1. The van der Waals surface area contributed by atoms with Gasteiger partial charge in [0.25, 0.3) is 5.69 Å². The van der Waals surface area contributed by atoms with E-state index in [0.717, 1.165) is 22.5 Å². The van der Waals surface area contributed by atoms with Gasteiger partial charge in [-0.05, 0) is 30.2 Å². The summed E-state index contributed by atoms with van der Waals surface area (Å²) in [7, 11) is -0.849. The van der Waals surface area contributed by atoms with Crippen LogP contribution >= 0.6 is 0 Å². The zero-order valence-electron chi connectivity index (χ0n) is 17.1. The van der Waals surface area contributed by atoms with Gasteiger partial charge in [-0.2, -0.15) is 0 Å². The van der Waals surface area contributed by atoms with Crippen LogP contribution in [0.15, 0.2) is 53.6 Å². The highest BCUT2D eigenvalue weighted by Crippen LogP contribution is 2.29. The highest BCUT2D eigenvalue weighted by molar-refractivity contribution is 7.89. The van der Waals surface area contributed by atoms with Gasteiger partial charge in [-0.3, -0.25) is 14.9 Å². The first-order chi connectivity index (χ1) is 14.7.